The van der Waals surface area contributed by atoms with Crippen LogP contribution in [-0.2, 0) is 11.8 Å². The van der Waals surface area contributed by atoms with Crippen LogP contribution < -0.4 is 0 Å². The average molecular weight is 288 g/mol. The van der Waals surface area contributed by atoms with Crippen molar-refractivity contribution in [2.24, 2.45) is 0 Å². The van der Waals surface area contributed by atoms with Gasteiger partial charge in [0.2, 0.25) is 0 Å². The number of amides is 1. The largest absolute Gasteiger partial charge is 0.336 e. The molecule has 1 N–H and O–H groups in total. The molecule has 4 rings (SSSR count). The van der Waals surface area contributed by atoms with Crippen LogP contribution in [0.2, 0.25) is 0 Å². The molecule has 1 aliphatic heterocycles. The van der Waals surface area contributed by atoms with Gasteiger partial charge in [-0.3, -0.25) is 9.89 Å². The Balaban J connectivity index is 1.61. The van der Waals surface area contributed by atoms with Crippen molar-refractivity contribution in [2.75, 3.05) is 13.1 Å². The number of aromatic amines is 1. The zero-order valence-electron chi connectivity index (χ0n) is 11.1. The lowest BCUT2D eigenvalue weighted by molar-refractivity contribution is 0.0776. The van der Waals surface area contributed by atoms with Gasteiger partial charge in [0.1, 0.15) is 5.69 Å². The SMILES string of the molecule is O=C(c1cscn1)N1CC[C@]2(CCCc3cn[nH]c32)C1. The molecular weight excluding hydrogens is 272 g/mol. The van der Waals surface area contributed by atoms with Crippen LogP contribution in [0.5, 0.6) is 0 Å². The Kier molecular flexibility index (Phi) is 2.66. The van der Waals surface area contributed by atoms with Crippen LogP contribution in [0.3, 0.4) is 0 Å². The molecule has 6 heteroatoms. The molecule has 0 bridgehead atoms. The molecule has 1 atom stereocenters. The van der Waals surface area contributed by atoms with Crippen molar-refractivity contribution < 1.29 is 4.79 Å². The van der Waals surface area contributed by atoms with E-state index in [4.69, 9.17) is 0 Å². The highest BCUT2D eigenvalue weighted by atomic mass is 32.1. The van der Waals surface area contributed by atoms with Gasteiger partial charge >= 0.3 is 0 Å². The molecule has 1 amide bonds. The van der Waals surface area contributed by atoms with Gasteiger partial charge in [-0.1, -0.05) is 0 Å². The van der Waals surface area contributed by atoms with Gasteiger partial charge in [-0.2, -0.15) is 5.10 Å². The van der Waals surface area contributed by atoms with Crippen LogP contribution >= 0.6 is 11.3 Å². The highest BCUT2D eigenvalue weighted by Gasteiger charge is 2.45. The molecule has 0 aromatic carbocycles. The second-order valence-corrected chi connectivity index (χ2v) is 6.47. The predicted octanol–water partition coefficient (Wildman–Crippen LogP) is 1.99. The predicted molar refractivity (Wildman–Crippen MR) is 75.8 cm³/mol. The minimum Gasteiger partial charge on any atom is -0.336 e. The average Bonchev–Trinajstić information content (AvgIpc) is 3.19. The van der Waals surface area contributed by atoms with E-state index in [-0.39, 0.29) is 11.3 Å². The Labute approximate surface area is 121 Å². The molecule has 2 aromatic heterocycles. The van der Waals surface area contributed by atoms with Crippen LogP contribution in [0.15, 0.2) is 17.1 Å². The number of nitrogens with one attached hydrogen (secondary N) is 1. The van der Waals surface area contributed by atoms with Crippen molar-refractivity contribution in [1.82, 2.24) is 20.1 Å². The third-order valence-electron chi connectivity index (χ3n) is 4.64. The fourth-order valence-corrected chi connectivity index (χ4v) is 4.16. The van der Waals surface area contributed by atoms with Crippen molar-refractivity contribution in [3.63, 3.8) is 0 Å². The second kappa shape index (κ2) is 4.41. The number of thiazole rings is 1. The summed E-state index contributed by atoms with van der Waals surface area (Å²) in [4.78, 5) is 18.5. The highest BCUT2D eigenvalue weighted by Crippen LogP contribution is 2.43. The minimum absolute atomic E-state index is 0.0646. The monoisotopic (exact) mass is 288 g/mol. The fourth-order valence-electron chi connectivity index (χ4n) is 3.64. The Bertz CT molecular complexity index is 635. The van der Waals surface area contributed by atoms with Gasteiger partial charge in [0, 0.05) is 29.6 Å². The lowest BCUT2D eigenvalue weighted by Crippen LogP contribution is -2.37. The van der Waals surface area contributed by atoms with Crippen LogP contribution in [0, 0.1) is 0 Å². The van der Waals surface area contributed by atoms with Crippen molar-refractivity contribution in [3.8, 4) is 0 Å². The summed E-state index contributed by atoms with van der Waals surface area (Å²) < 4.78 is 0. The lowest BCUT2D eigenvalue weighted by atomic mass is 9.73. The van der Waals surface area contributed by atoms with Gasteiger partial charge in [0.25, 0.3) is 5.91 Å². The van der Waals surface area contributed by atoms with Crippen molar-refractivity contribution >= 4 is 17.2 Å². The molecule has 20 heavy (non-hydrogen) atoms. The smallest absolute Gasteiger partial charge is 0.273 e. The number of hydrogen-bond acceptors (Lipinski definition) is 4. The van der Waals surface area contributed by atoms with Crippen molar-refractivity contribution in [2.45, 2.75) is 31.1 Å². The molecule has 0 radical (unpaired) electrons. The number of H-pyrrole nitrogens is 1. The van der Waals surface area contributed by atoms with E-state index in [9.17, 15) is 4.79 Å². The standard InChI is InChI=1S/C14H16N4OS/c19-13(11-7-20-9-15-11)18-5-4-14(8-18)3-1-2-10-6-16-17-12(10)14/h6-7,9H,1-5,8H2,(H,16,17)/t14-/m1/s1. The van der Waals surface area contributed by atoms with Crippen LogP contribution in [0.1, 0.15) is 41.0 Å². The summed E-state index contributed by atoms with van der Waals surface area (Å²) in [5, 5.41) is 9.22. The summed E-state index contributed by atoms with van der Waals surface area (Å²) in [5.41, 5.74) is 4.98. The summed E-state index contributed by atoms with van der Waals surface area (Å²) in [6.07, 6.45) is 6.40. The molecule has 0 saturated carbocycles. The van der Waals surface area contributed by atoms with Crippen LogP contribution in [0.4, 0.5) is 0 Å². The second-order valence-electron chi connectivity index (χ2n) is 5.75. The number of likely N-dealkylation sites (tertiary alicyclic amines) is 1. The summed E-state index contributed by atoms with van der Waals surface area (Å²) >= 11 is 1.47. The maximum Gasteiger partial charge on any atom is 0.273 e. The molecule has 1 saturated heterocycles. The molecule has 3 heterocycles. The number of carbonyl (C=O) groups excluding carboxylic acids is 1. The van der Waals surface area contributed by atoms with Gasteiger partial charge in [0.05, 0.1) is 11.7 Å². The van der Waals surface area contributed by atoms with Crippen molar-refractivity contribution in [3.05, 3.63) is 34.0 Å². The van der Waals surface area contributed by atoms with E-state index in [2.05, 4.69) is 15.2 Å². The maximum absolute atomic E-state index is 12.4. The third kappa shape index (κ3) is 1.71. The lowest BCUT2D eigenvalue weighted by Gasteiger charge is -2.32. The first-order valence-electron chi connectivity index (χ1n) is 6.99. The topological polar surface area (TPSA) is 61.9 Å². The van der Waals surface area contributed by atoms with Gasteiger partial charge in [0.15, 0.2) is 0 Å². The summed E-state index contributed by atoms with van der Waals surface area (Å²) in [5.74, 6) is 0.0646. The molecule has 5 nitrogen and oxygen atoms in total. The van der Waals surface area contributed by atoms with Gasteiger partial charge in [-0.15, -0.1) is 11.3 Å². The Hall–Kier alpha value is -1.69. The number of hydrogen-bond donors (Lipinski definition) is 1. The van der Waals surface area contributed by atoms with Gasteiger partial charge in [-0.05, 0) is 31.2 Å². The summed E-state index contributed by atoms with van der Waals surface area (Å²) in [6.45, 7) is 1.60. The van der Waals surface area contributed by atoms with E-state index < -0.39 is 0 Å². The number of nitrogens with zero attached hydrogens (tertiary/aromatic N) is 3. The third-order valence-corrected chi connectivity index (χ3v) is 5.23. The van der Waals surface area contributed by atoms with E-state index in [1.807, 2.05) is 16.5 Å². The summed E-state index contributed by atoms with van der Waals surface area (Å²) in [7, 11) is 0. The minimum atomic E-state index is 0.0646. The number of aryl methyl sites for hydroxylation is 1. The molecule has 0 unspecified atom stereocenters. The van der Waals surface area contributed by atoms with Crippen molar-refractivity contribution in [1.29, 1.82) is 0 Å². The van der Waals surface area contributed by atoms with Gasteiger partial charge in [-0.25, -0.2) is 4.98 Å². The van der Waals surface area contributed by atoms with Crippen LogP contribution in [0.25, 0.3) is 0 Å². The Morgan fingerprint density at radius 2 is 2.40 bits per heavy atom. The zero-order chi connectivity index (χ0) is 13.6. The number of fused-ring (bicyclic) bond motifs is 2. The Morgan fingerprint density at radius 1 is 1.45 bits per heavy atom. The Morgan fingerprint density at radius 3 is 3.25 bits per heavy atom. The first-order chi connectivity index (χ1) is 9.78. The number of rotatable bonds is 1. The van der Waals surface area contributed by atoms with E-state index >= 15 is 0 Å². The molecule has 1 spiro atoms. The van der Waals surface area contributed by atoms with E-state index in [1.54, 1.807) is 5.51 Å². The zero-order valence-corrected chi connectivity index (χ0v) is 11.9. The van der Waals surface area contributed by atoms with Crippen LogP contribution in [-0.4, -0.2) is 39.1 Å². The van der Waals surface area contributed by atoms with E-state index in [0.29, 0.717) is 5.69 Å². The highest BCUT2D eigenvalue weighted by molar-refractivity contribution is 7.07. The first-order valence-corrected chi connectivity index (χ1v) is 7.93. The number of carbonyl (C=O) groups is 1. The quantitative estimate of drug-likeness (QED) is 0.873. The fraction of sp³-hybridized carbons (Fsp3) is 0.500. The van der Waals surface area contributed by atoms with E-state index in [1.165, 1.54) is 29.0 Å². The first kappa shape index (κ1) is 12.1. The molecule has 104 valence electrons. The summed E-state index contributed by atoms with van der Waals surface area (Å²) in [6, 6.07) is 0. The molecule has 2 aliphatic rings. The van der Waals surface area contributed by atoms with Gasteiger partial charge < -0.3 is 4.90 Å². The molecular formula is C14H16N4OS. The number of aromatic nitrogens is 3. The maximum atomic E-state index is 12.4. The molecule has 1 fully saturated rings. The van der Waals surface area contributed by atoms with E-state index in [0.717, 1.165) is 32.4 Å². The molecule has 2 aromatic rings. The normalized spacial score (nSPS) is 25.1. The molecule has 1 aliphatic carbocycles.